The summed E-state index contributed by atoms with van der Waals surface area (Å²) in [6.45, 7) is 0. The molecule has 12 heteroatoms. The highest BCUT2D eigenvalue weighted by molar-refractivity contribution is 6.30. The molecule has 2 N–H and O–H groups in total. The number of hydrogen-bond acceptors (Lipinski definition) is 6. The molecule has 182 valence electrons. The fourth-order valence-corrected chi connectivity index (χ4v) is 2.95. The minimum atomic E-state index is -0.446. The van der Waals surface area contributed by atoms with E-state index in [1.165, 1.54) is 12.4 Å². The Hall–Kier alpha value is -3.43. The summed E-state index contributed by atoms with van der Waals surface area (Å²) in [6.07, 6.45) is 11.8. The molecule has 3 aromatic rings. The highest BCUT2D eigenvalue weighted by atomic mass is 35.5. The first-order valence-corrected chi connectivity index (χ1v) is 9.94. The molecule has 1 aromatic carbocycles. The van der Waals surface area contributed by atoms with E-state index in [0.29, 0.717) is 22.2 Å². The molecule has 0 saturated carbocycles. The molecule has 2 amide bonds. The lowest BCUT2D eigenvalue weighted by molar-refractivity contribution is 0.102. The van der Waals surface area contributed by atoms with Gasteiger partial charge in [0.05, 0.1) is 22.0 Å². The summed E-state index contributed by atoms with van der Waals surface area (Å²) in [5.41, 5.74) is 1.42. The second-order valence-electron chi connectivity index (χ2n) is 6.55. The van der Waals surface area contributed by atoms with Gasteiger partial charge in [0.2, 0.25) is 0 Å². The molecule has 0 saturated heterocycles. The van der Waals surface area contributed by atoms with E-state index >= 15 is 0 Å². The van der Waals surface area contributed by atoms with Crippen LogP contribution in [0.5, 0.6) is 0 Å². The molecule has 0 unspecified atom stereocenters. The quantitative estimate of drug-likeness (QED) is 0.417. The van der Waals surface area contributed by atoms with E-state index in [1.807, 2.05) is 12.2 Å². The number of carbonyl (C=O) groups excluding carboxylic acids is 2. The van der Waals surface area contributed by atoms with Crippen molar-refractivity contribution in [2.75, 3.05) is 15.6 Å². The SMILES string of the molecule is Cl.Cl.Cl.O=C(Nc1cc(N2C=CC=CC=N2)ccc1C(=O)Nc1ccc(Cl)cn1)c1ccccn1. The Morgan fingerprint density at radius 1 is 0.857 bits per heavy atom. The largest absolute Gasteiger partial charge is 0.320 e. The number of aromatic nitrogens is 2. The molecule has 0 aliphatic carbocycles. The molecule has 1 aliphatic rings. The molecular weight excluding hydrogens is 534 g/mol. The van der Waals surface area contributed by atoms with E-state index in [4.69, 9.17) is 11.6 Å². The minimum Gasteiger partial charge on any atom is -0.320 e. The third-order valence-corrected chi connectivity index (χ3v) is 4.58. The van der Waals surface area contributed by atoms with E-state index in [1.54, 1.807) is 72.0 Å². The van der Waals surface area contributed by atoms with Gasteiger partial charge in [-0.3, -0.25) is 14.6 Å². The van der Waals surface area contributed by atoms with Crippen LogP contribution in [0.25, 0.3) is 0 Å². The number of nitrogens with zero attached hydrogens (tertiary/aromatic N) is 4. The molecule has 0 bridgehead atoms. The van der Waals surface area contributed by atoms with Crippen molar-refractivity contribution in [2.45, 2.75) is 0 Å². The van der Waals surface area contributed by atoms with Gasteiger partial charge >= 0.3 is 0 Å². The van der Waals surface area contributed by atoms with Crippen molar-refractivity contribution in [1.82, 2.24) is 9.97 Å². The summed E-state index contributed by atoms with van der Waals surface area (Å²) in [6, 6.07) is 13.2. The second kappa shape index (κ2) is 14.1. The molecule has 0 spiro atoms. The molecule has 0 radical (unpaired) electrons. The van der Waals surface area contributed by atoms with Crippen molar-refractivity contribution >= 4 is 84.0 Å². The van der Waals surface area contributed by atoms with Crippen LogP contribution in [0, 0.1) is 0 Å². The molecule has 3 heterocycles. The van der Waals surface area contributed by atoms with E-state index in [9.17, 15) is 9.59 Å². The number of rotatable bonds is 5. The van der Waals surface area contributed by atoms with Gasteiger partial charge in [0.25, 0.3) is 11.8 Å². The lowest BCUT2D eigenvalue weighted by Gasteiger charge is -2.17. The lowest BCUT2D eigenvalue weighted by Crippen LogP contribution is -2.20. The van der Waals surface area contributed by atoms with Crippen LogP contribution in [0.4, 0.5) is 17.2 Å². The summed E-state index contributed by atoms with van der Waals surface area (Å²) >= 11 is 5.85. The van der Waals surface area contributed by atoms with E-state index in [-0.39, 0.29) is 48.5 Å². The van der Waals surface area contributed by atoms with Gasteiger partial charge in [-0.05, 0) is 54.6 Å². The zero-order chi connectivity index (χ0) is 22.3. The Balaban J connectivity index is 0.00000204. The summed E-state index contributed by atoms with van der Waals surface area (Å²) in [4.78, 5) is 33.8. The maximum absolute atomic E-state index is 13.0. The number of anilines is 3. The number of pyridine rings is 2. The lowest BCUT2D eigenvalue weighted by atomic mass is 10.1. The number of carbonyl (C=O) groups is 2. The van der Waals surface area contributed by atoms with Crippen molar-refractivity contribution in [3.05, 3.63) is 102 Å². The topological polar surface area (TPSA) is 99.6 Å². The van der Waals surface area contributed by atoms with E-state index in [0.717, 1.165) is 0 Å². The number of halogens is 4. The average molecular weight is 554 g/mol. The maximum Gasteiger partial charge on any atom is 0.274 e. The van der Waals surface area contributed by atoms with Crippen LogP contribution in [0.1, 0.15) is 20.8 Å². The van der Waals surface area contributed by atoms with E-state index < -0.39 is 11.8 Å². The van der Waals surface area contributed by atoms with Gasteiger partial charge in [0, 0.05) is 24.8 Å². The molecule has 8 nitrogen and oxygen atoms in total. The summed E-state index contributed by atoms with van der Waals surface area (Å²) < 4.78 is 0. The summed E-state index contributed by atoms with van der Waals surface area (Å²) in [5, 5.41) is 11.9. The van der Waals surface area contributed by atoms with Crippen molar-refractivity contribution in [1.29, 1.82) is 0 Å². The third kappa shape index (κ3) is 7.80. The average Bonchev–Trinajstić information content (AvgIpc) is 3.11. The fraction of sp³-hybridized carbons (Fsp3) is 0. The first kappa shape index (κ1) is 29.6. The van der Waals surface area contributed by atoms with Crippen LogP contribution in [-0.4, -0.2) is 28.0 Å². The summed E-state index contributed by atoms with van der Waals surface area (Å²) in [7, 11) is 0. The van der Waals surface area contributed by atoms with Gasteiger partial charge in [-0.2, -0.15) is 5.10 Å². The molecule has 0 atom stereocenters. The number of hydrazone groups is 1. The Morgan fingerprint density at radius 2 is 1.69 bits per heavy atom. The van der Waals surface area contributed by atoms with Crippen molar-refractivity contribution in [3.8, 4) is 0 Å². The Labute approximate surface area is 225 Å². The Bertz CT molecular complexity index is 1220. The highest BCUT2D eigenvalue weighted by Crippen LogP contribution is 2.26. The van der Waals surface area contributed by atoms with Crippen molar-refractivity contribution < 1.29 is 9.59 Å². The van der Waals surface area contributed by atoms with Crippen LogP contribution >= 0.6 is 48.8 Å². The smallest absolute Gasteiger partial charge is 0.274 e. The van der Waals surface area contributed by atoms with Gasteiger partial charge in [0.1, 0.15) is 11.5 Å². The van der Waals surface area contributed by atoms with Gasteiger partial charge < -0.3 is 10.6 Å². The predicted octanol–water partition coefficient (Wildman–Crippen LogP) is 5.78. The zero-order valence-corrected chi connectivity index (χ0v) is 21.1. The van der Waals surface area contributed by atoms with Gasteiger partial charge in [-0.15, -0.1) is 37.2 Å². The Kier molecular flexibility index (Phi) is 11.9. The summed E-state index contributed by atoms with van der Waals surface area (Å²) in [5.74, 6) is -0.561. The van der Waals surface area contributed by atoms with Gasteiger partial charge in [0.15, 0.2) is 0 Å². The molecule has 0 fully saturated rings. The number of nitrogens with one attached hydrogen (secondary N) is 2. The second-order valence-corrected chi connectivity index (χ2v) is 6.99. The van der Waals surface area contributed by atoms with Crippen LogP contribution < -0.4 is 15.6 Å². The van der Waals surface area contributed by atoms with Gasteiger partial charge in [-0.1, -0.05) is 23.7 Å². The Morgan fingerprint density at radius 3 is 2.40 bits per heavy atom. The van der Waals surface area contributed by atoms with Crippen LogP contribution in [0.3, 0.4) is 0 Å². The third-order valence-electron chi connectivity index (χ3n) is 4.35. The molecule has 1 aliphatic heterocycles. The molecule has 35 heavy (non-hydrogen) atoms. The fourth-order valence-electron chi connectivity index (χ4n) is 2.84. The maximum atomic E-state index is 13.0. The normalized spacial score (nSPS) is 11.3. The zero-order valence-electron chi connectivity index (χ0n) is 17.9. The van der Waals surface area contributed by atoms with Crippen molar-refractivity contribution in [2.24, 2.45) is 5.10 Å². The van der Waals surface area contributed by atoms with Gasteiger partial charge in [-0.25, -0.2) is 9.99 Å². The minimum absolute atomic E-state index is 0. The molecule has 2 aromatic heterocycles. The van der Waals surface area contributed by atoms with Crippen LogP contribution in [0.2, 0.25) is 5.02 Å². The predicted molar refractivity (Wildman–Crippen MR) is 147 cm³/mol. The number of amides is 2. The molecular formula is C23H20Cl4N6O2. The van der Waals surface area contributed by atoms with Crippen molar-refractivity contribution in [3.63, 3.8) is 0 Å². The number of hydrogen-bond donors (Lipinski definition) is 2. The number of benzene rings is 1. The number of allylic oxidation sites excluding steroid dienone is 3. The van der Waals surface area contributed by atoms with E-state index in [2.05, 4.69) is 25.7 Å². The highest BCUT2D eigenvalue weighted by Gasteiger charge is 2.18. The first-order chi connectivity index (χ1) is 15.6. The van der Waals surface area contributed by atoms with Crippen LogP contribution in [0.15, 0.2) is 90.5 Å². The molecule has 4 rings (SSSR count). The first-order valence-electron chi connectivity index (χ1n) is 9.56. The van der Waals surface area contributed by atoms with Crippen LogP contribution in [-0.2, 0) is 0 Å². The standard InChI is InChI=1S/C23H17ClN6O2.3ClH/c24-16-7-10-21(26-15-16)29-22(31)18-9-8-17(30-13-5-1-3-12-27-30)14-20(18)28-23(32)19-6-2-4-11-25-19;;;/h1-15H,(H,28,32)(H,26,29,31);3*1H. The monoisotopic (exact) mass is 552 g/mol.